The fraction of sp³-hybridized carbons (Fsp3) is 0.375. The monoisotopic (exact) mass is 275 g/mol. The minimum absolute atomic E-state index is 0.210. The number of thiophene rings is 1. The largest absolute Gasteiger partial charge is 0.508 e. The fourth-order valence-electron chi connectivity index (χ4n) is 2.23. The molecule has 3 heteroatoms. The maximum Gasteiger partial charge on any atom is 0.115 e. The van der Waals surface area contributed by atoms with E-state index >= 15 is 0 Å². The number of phenols is 1. The van der Waals surface area contributed by atoms with Crippen LogP contribution in [0.3, 0.4) is 0 Å². The summed E-state index contributed by atoms with van der Waals surface area (Å²) >= 11 is 1.79. The van der Waals surface area contributed by atoms with Crippen LogP contribution in [-0.4, -0.2) is 5.11 Å². The molecule has 0 amide bonds. The van der Waals surface area contributed by atoms with Gasteiger partial charge < -0.3 is 10.4 Å². The van der Waals surface area contributed by atoms with E-state index < -0.39 is 0 Å². The summed E-state index contributed by atoms with van der Waals surface area (Å²) in [5.41, 5.74) is 1.11. The zero-order chi connectivity index (χ0) is 13.8. The van der Waals surface area contributed by atoms with Gasteiger partial charge in [-0.25, -0.2) is 0 Å². The number of benzene rings is 1. The second-order valence-corrected chi connectivity index (χ2v) is 6.20. The lowest BCUT2D eigenvalue weighted by molar-refractivity contribution is 0.378. The van der Waals surface area contributed by atoms with Crippen LogP contribution in [0.4, 0.5) is 0 Å². The van der Waals surface area contributed by atoms with Crippen molar-refractivity contribution in [2.24, 2.45) is 5.92 Å². The molecule has 0 aliphatic carbocycles. The second kappa shape index (κ2) is 6.22. The molecule has 102 valence electrons. The van der Waals surface area contributed by atoms with Gasteiger partial charge in [-0.2, -0.15) is 0 Å². The molecule has 1 aromatic carbocycles. The second-order valence-electron chi connectivity index (χ2n) is 5.22. The molecule has 2 N–H and O–H groups in total. The summed E-state index contributed by atoms with van der Waals surface area (Å²) in [6, 6.07) is 12.3. The summed E-state index contributed by atoms with van der Waals surface area (Å²) in [6.45, 7) is 6.59. The quantitative estimate of drug-likeness (QED) is 0.842. The summed E-state index contributed by atoms with van der Waals surface area (Å²) in [7, 11) is 0. The molecule has 2 aromatic rings. The van der Waals surface area contributed by atoms with Gasteiger partial charge >= 0.3 is 0 Å². The lowest BCUT2D eigenvalue weighted by Gasteiger charge is -2.26. The Labute approximate surface area is 119 Å². The molecule has 0 aliphatic rings. The van der Waals surface area contributed by atoms with Crippen LogP contribution in [0.15, 0.2) is 41.8 Å². The van der Waals surface area contributed by atoms with E-state index in [9.17, 15) is 5.11 Å². The number of hydrogen-bond donors (Lipinski definition) is 2. The normalized spacial score (nSPS) is 14.5. The molecule has 2 unspecified atom stereocenters. The third kappa shape index (κ3) is 3.58. The van der Waals surface area contributed by atoms with Crippen LogP contribution in [0.5, 0.6) is 5.75 Å². The first-order valence-electron chi connectivity index (χ1n) is 6.66. The lowest BCUT2D eigenvalue weighted by atomic mass is 9.99. The first-order valence-corrected chi connectivity index (χ1v) is 7.54. The van der Waals surface area contributed by atoms with E-state index in [0.717, 1.165) is 5.56 Å². The third-order valence-corrected chi connectivity index (χ3v) is 4.27. The van der Waals surface area contributed by atoms with Crippen LogP contribution in [-0.2, 0) is 0 Å². The molecule has 1 heterocycles. The summed E-state index contributed by atoms with van der Waals surface area (Å²) in [5, 5.41) is 15.3. The summed E-state index contributed by atoms with van der Waals surface area (Å²) in [6.07, 6.45) is 0. The molecule has 0 saturated heterocycles. The molecule has 1 aromatic heterocycles. The van der Waals surface area contributed by atoms with E-state index in [1.54, 1.807) is 17.4 Å². The fourth-order valence-corrected chi connectivity index (χ4v) is 3.19. The SMILES string of the molecule is CC(NC(c1cccs1)C(C)C)c1cccc(O)c1. The Kier molecular flexibility index (Phi) is 4.61. The minimum atomic E-state index is 0.210. The van der Waals surface area contributed by atoms with Crippen molar-refractivity contribution in [2.75, 3.05) is 0 Å². The van der Waals surface area contributed by atoms with Gasteiger partial charge in [0.15, 0.2) is 0 Å². The highest BCUT2D eigenvalue weighted by Crippen LogP contribution is 2.29. The molecule has 0 saturated carbocycles. The molecule has 2 nitrogen and oxygen atoms in total. The van der Waals surface area contributed by atoms with Gasteiger partial charge in [-0.15, -0.1) is 11.3 Å². The van der Waals surface area contributed by atoms with Crippen LogP contribution >= 0.6 is 11.3 Å². The maximum atomic E-state index is 9.56. The van der Waals surface area contributed by atoms with Gasteiger partial charge in [0.05, 0.1) is 0 Å². The predicted octanol–water partition coefficient (Wildman–Crippen LogP) is 4.50. The standard InChI is InChI=1S/C16H21NOS/c1-11(2)16(15-8-5-9-19-15)17-12(3)13-6-4-7-14(18)10-13/h4-12,16-18H,1-3H3. The Morgan fingerprint density at radius 3 is 2.47 bits per heavy atom. The Bertz CT molecular complexity index is 507. The van der Waals surface area contributed by atoms with Gasteiger partial charge in [0.1, 0.15) is 5.75 Å². The summed E-state index contributed by atoms with van der Waals surface area (Å²) in [4.78, 5) is 1.36. The molecular weight excluding hydrogens is 254 g/mol. The number of hydrogen-bond acceptors (Lipinski definition) is 3. The highest BCUT2D eigenvalue weighted by molar-refractivity contribution is 7.10. The first-order chi connectivity index (χ1) is 9.08. The zero-order valence-corrected chi connectivity index (χ0v) is 12.4. The Balaban J connectivity index is 2.14. The number of aromatic hydroxyl groups is 1. The van der Waals surface area contributed by atoms with Crippen LogP contribution in [0.2, 0.25) is 0 Å². The van der Waals surface area contributed by atoms with Crippen LogP contribution in [0.1, 0.15) is 43.3 Å². The molecule has 0 spiro atoms. The first kappa shape index (κ1) is 14.1. The van der Waals surface area contributed by atoms with Gasteiger partial charge in [0.2, 0.25) is 0 Å². The van der Waals surface area contributed by atoms with Crippen molar-refractivity contribution >= 4 is 11.3 Å². The number of rotatable bonds is 5. The molecule has 2 rings (SSSR count). The number of phenolic OH excluding ortho intramolecular Hbond substituents is 1. The molecule has 19 heavy (non-hydrogen) atoms. The zero-order valence-electron chi connectivity index (χ0n) is 11.6. The minimum Gasteiger partial charge on any atom is -0.508 e. The van der Waals surface area contributed by atoms with Crippen molar-refractivity contribution in [3.8, 4) is 5.75 Å². The Hall–Kier alpha value is -1.32. The molecule has 2 atom stereocenters. The van der Waals surface area contributed by atoms with Gasteiger partial charge in [-0.05, 0) is 42.0 Å². The molecular formula is C16H21NOS. The molecule has 0 radical (unpaired) electrons. The number of nitrogens with one attached hydrogen (secondary N) is 1. The highest BCUT2D eigenvalue weighted by Gasteiger charge is 2.19. The van der Waals surface area contributed by atoms with E-state index in [4.69, 9.17) is 0 Å². The smallest absolute Gasteiger partial charge is 0.115 e. The van der Waals surface area contributed by atoms with Gasteiger partial charge in [0.25, 0.3) is 0 Å². The van der Waals surface area contributed by atoms with Crippen molar-refractivity contribution in [2.45, 2.75) is 32.9 Å². The van der Waals surface area contributed by atoms with Gasteiger partial charge in [0, 0.05) is 17.0 Å². The van der Waals surface area contributed by atoms with E-state index in [0.29, 0.717) is 17.7 Å². The Morgan fingerprint density at radius 1 is 1.11 bits per heavy atom. The van der Waals surface area contributed by atoms with Crippen LogP contribution in [0.25, 0.3) is 0 Å². The van der Waals surface area contributed by atoms with Crippen molar-refractivity contribution in [1.29, 1.82) is 0 Å². The average Bonchev–Trinajstić information content (AvgIpc) is 2.88. The van der Waals surface area contributed by atoms with Crippen molar-refractivity contribution in [3.63, 3.8) is 0 Å². The van der Waals surface area contributed by atoms with Crippen molar-refractivity contribution in [1.82, 2.24) is 5.32 Å². The third-order valence-electron chi connectivity index (χ3n) is 3.32. The van der Waals surface area contributed by atoms with Crippen molar-refractivity contribution < 1.29 is 5.11 Å². The molecule has 0 fully saturated rings. The predicted molar refractivity (Wildman–Crippen MR) is 81.6 cm³/mol. The molecule has 0 bridgehead atoms. The van der Waals surface area contributed by atoms with Gasteiger partial charge in [-0.3, -0.25) is 0 Å². The van der Waals surface area contributed by atoms with E-state index in [2.05, 4.69) is 43.6 Å². The molecule has 0 aliphatic heterocycles. The lowest BCUT2D eigenvalue weighted by Crippen LogP contribution is -2.27. The van der Waals surface area contributed by atoms with E-state index in [1.165, 1.54) is 4.88 Å². The van der Waals surface area contributed by atoms with Gasteiger partial charge in [-0.1, -0.05) is 32.0 Å². The Morgan fingerprint density at radius 2 is 1.89 bits per heavy atom. The highest BCUT2D eigenvalue weighted by atomic mass is 32.1. The maximum absolute atomic E-state index is 9.56. The average molecular weight is 275 g/mol. The van der Waals surface area contributed by atoms with E-state index in [-0.39, 0.29) is 6.04 Å². The summed E-state index contributed by atoms with van der Waals surface area (Å²) in [5.74, 6) is 0.849. The summed E-state index contributed by atoms with van der Waals surface area (Å²) < 4.78 is 0. The van der Waals surface area contributed by atoms with Crippen LogP contribution in [0, 0.1) is 5.92 Å². The van der Waals surface area contributed by atoms with E-state index in [1.807, 2.05) is 18.2 Å². The topological polar surface area (TPSA) is 32.3 Å². The van der Waals surface area contributed by atoms with Crippen LogP contribution < -0.4 is 5.32 Å². The van der Waals surface area contributed by atoms with Crippen molar-refractivity contribution in [3.05, 3.63) is 52.2 Å².